The fraction of sp³-hybridized carbons (Fsp3) is 0.125. The molecule has 0 aliphatic carbocycles. The molecule has 0 aliphatic heterocycles. The van der Waals surface area contributed by atoms with Crippen molar-refractivity contribution >= 4 is 11.6 Å². The van der Waals surface area contributed by atoms with Crippen LogP contribution in [-0.4, -0.2) is 10.2 Å². The SMILES string of the molecule is Cc1cccc(-c2nnc(Cc3ccc(Cl)cc3)o2)c1. The second-order valence-electron chi connectivity index (χ2n) is 4.67. The highest BCUT2D eigenvalue weighted by atomic mass is 35.5. The van der Waals surface area contributed by atoms with E-state index in [0.29, 0.717) is 18.2 Å². The largest absolute Gasteiger partial charge is 0.420 e. The Balaban J connectivity index is 1.82. The van der Waals surface area contributed by atoms with Gasteiger partial charge in [-0.2, -0.15) is 0 Å². The number of aryl methyl sites for hydroxylation is 1. The van der Waals surface area contributed by atoms with Crippen LogP contribution in [0.4, 0.5) is 0 Å². The molecule has 0 spiro atoms. The van der Waals surface area contributed by atoms with Gasteiger partial charge in [-0.1, -0.05) is 41.4 Å². The molecule has 1 heterocycles. The van der Waals surface area contributed by atoms with Gasteiger partial charge in [0.05, 0.1) is 6.42 Å². The molecule has 2 aromatic carbocycles. The number of aromatic nitrogens is 2. The van der Waals surface area contributed by atoms with Crippen molar-refractivity contribution in [3.63, 3.8) is 0 Å². The summed E-state index contributed by atoms with van der Waals surface area (Å²) in [7, 11) is 0. The van der Waals surface area contributed by atoms with Gasteiger partial charge < -0.3 is 4.42 Å². The second-order valence-corrected chi connectivity index (χ2v) is 5.11. The zero-order valence-electron chi connectivity index (χ0n) is 11.0. The summed E-state index contributed by atoms with van der Waals surface area (Å²) in [4.78, 5) is 0. The molecule has 0 amide bonds. The van der Waals surface area contributed by atoms with Crippen LogP contribution in [0.25, 0.3) is 11.5 Å². The molecule has 0 radical (unpaired) electrons. The maximum Gasteiger partial charge on any atom is 0.247 e. The summed E-state index contributed by atoms with van der Waals surface area (Å²) in [5.74, 6) is 1.15. The van der Waals surface area contributed by atoms with E-state index in [-0.39, 0.29) is 0 Å². The van der Waals surface area contributed by atoms with E-state index in [1.165, 1.54) is 5.56 Å². The van der Waals surface area contributed by atoms with Gasteiger partial charge in [0, 0.05) is 10.6 Å². The fourth-order valence-electron chi connectivity index (χ4n) is 2.00. The molecule has 1 aromatic heterocycles. The lowest BCUT2D eigenvalue weighted by Gasteiger charge is -1.97. The van der Waals surface area contributed by atoms with Crippen molar-refractivity contribution in [1.82, 2.24) is 10.2 Å². The monoisotopic (exact) mass is 284 g/mol. The van der Waals surface area contributed by atoms with Gasteiger partial charge in [-0.15, -0.1) is 10.2 Å². The highest BCUT2D eigenvalue weighted by Crippen LogP contribution is 2.20. The molecule has 3 nitrogen and oxygen atoms in total. The van der Waals surface area contributed by atoms with Crippen molar-refractivity contribution in [3.8, 4) is 11.5 Å². The van der Waals surface area contributed by atoms with E-state index in [2.05, 4.69) is 10.2 Å². The van der Waals surface area contributed by atoms with E-state index in [0.717, 1.165) is 16.1 Å². The van der Waals surface area contributed by atoms with Gasteiger partial charge in [0.15, 0.2) is 0 Å². The summed E-state index contributed by atoms with van der Waals surface area (Å²) >= 11 is 5.86. The summed E-state index contributed by atoms with van der Waals surface area (Å²) in [6.07, 6.45) is 0.607. The molecule has 4 heteroatoms. The molecule has 3 rings (SSSR count). The molecule has 0 bridgehead atoms. The molecule has 0 fully saturated rings. The second kappa shape index (κ2) is 5.47. The normalized spacial score (nSPS) is 10.7. The van der Waals surface area contributed by atoms with Crippen LogP contribution in [0.5, 0.6) is 0 Å². The van der Waals surface area contributed by atoms with Crippen LogP contribution in [-0.2, 0) is 6.42 Å². The summed E-state index contributed by atoms with van der Waals surface area (Å²) in [6.45, 7) is 2.04. The first kappa shape index (κ1) is 12.9. The van der Waals surface area contributed by atoms with Crippen LogP contribution in [0.3, 0.4) is 0 Å². The van der Waals surface area contributed by atoms with Gasteiger partial charge >= 0.3 is 0 Å². The smallest absolute Gasteiger partial charge is 0.247 e. The minimum atomic E-state index is 0.553. The predicted molar refractivity (Wildman–Crippen MR) is 78.7 cm³/mol. The van der Waals surface area contributed by atoms with Crippen LogP contribution < -0.4 is 0 Å². The number of nitrogens with zero attached hydrogens (tertiary/aromatic N) is 2. The fourth-order valence-corrected chi connectivity index (χ4v) is 2.12. The number of hydrogen-bond donors (Lipinski definition) is 0. The highest BCUT2D eigenvalue weighted by Gasteiger charge is 2.09. The third-order valence-corrected chi connectivity index (χ3v) is 3.25. The summed E-state index contributed by atoms with van der Waals surface area (Å²) < 4.78 is 5.70. The van der Waals surface area contributed by atoms with Gasteiger partial charge in [0.1, 0.15) is 0 Å². The maximum absolute atomic E-state index is 5.86. The Morgan fingerprint density at radius 3 is 2.60 bits per heavy atom. The van der Waals surface area contributed by atoms with Crippen molar-refractivity contribution in [2.75, 3.05) is 0 Å². The molecule has 3 aromatic rings. The Kier molecular flexibility index (Phi) is 3.52. The van der Waals surface area contributed by atoms with Crippen molar-refractivity contribution in [3.05, 3.63) is 70.6 Å². The Labute approximate surface area is 122 Å². The molecule has 20 heavy (non-hydrogen) atoms. The first-order valence-corrected chi connectivity index (χ1v) is 6.72. The number of halogens is 1. The Morgan fingerprint density at radius 2 is 1.85 bits per heavy atom. The number of rotatable bonds is 3. The lowest BCUT2D eigenvalue weighted by atomic mass is 10.1. The first-order valence-electron chi connectivity index (χ1n) is 6.34. The molecular weight excluding hydrogens is 272 g/mol. The zero-order valence-corrected chi connectivity index (χ0v) is 11.8. The van der Waals surface area contributed by atoms with E-state index >= 15 is 0 Å². The topological polar surface area (TPSA) is 38.9 Å². The minimum absolute atomic E-state index is 0.553. The zero-order chi connectivity index (χ0) is 13.9. The molecule has 0 N–H and O–H groups in total. The molecule has 0 saturated carbocycles. The molecule has 100 valence electrons. The Hall–Kier alpha value is -2.13. The van der Waals surface area contributed by atoms with E-state index in [9.17, 15) is 0 Å². The van der Waals surface area contributed by atoms with Gasteiger partial charge in [-0.3, -0.25) is 0 Å². The third-order valence-electron chi connectivity index (χ3n) is 3.00. The first-order chi connectivity index (χ1) is 9.70. The summed E-state index contributed by atoms with van der Waals surface area (Å²) in [6, 6.07) is 15.6. The van der Waals surface area contributed by atoms with Gasteiger partial charge in [0.25, 0.3) is 0 Å². The van der Waals surface area contributed by atoms with E-state index < -0.39 is 0 Å². The van der Waals surface area contributed by atoms with E-state index in [4.69, 9.17) is 16.0 Å². The van der Waals surface area contributed by atoms with Crippen molar-refractivity contribution in [2.24, 2.45) is 0 Å². The van der Waals surface area contributed by atoms with Gasteiger partial charge in [-0.05, 0) is 36.8 Å². The van der Waals surface area contributed by atoms with Crippen molar-refractivity contribution in [2.45, 2.75) is 13.3 Å². The van der Waals surface area contributed by atoms with E-state index in [1.54, 1.807) is 0 Å². The summed E-state index contributed by atoms with van der Waals surface area (Å²) in [5, 5.41) is 8.91. The van der Waals surface area contributed by atoms with Crippen LogP contribution in [0, 0.1) is 6.92 Å². The average molecular weight is 285 g/mol. The number of hydrogen-bond acceptors (Lipinski definition) is 3. The summed E-state index contributed by atoms with van der Waals surface area (Å²) in [5.41, 5.74) is 3.20. The van der Waals surface area contributed by atoms with Crippen LogP contribution in [0.1, 0.15) is 17.0 Å². The number of benzene rings is 2. The molecule has 0 aliphatic rings. The van der Waals surface area contributed by atoms with Crippen molar-refractivity contribution < 1.29 is 4.42 Å². The molecular formula is C16H13ClN2O. The maximum atomic E-state index is 5.86. The van der Waals surface area contributed by atoms with Crippen molar-refractivity contribution in [1.29, 1.82) is 0 Å². The third kappa shape index (κ3) is 2.89. The Bertz CT molecular complexity index is 719. The molecule has 0 saturated heterocycles. The average Bonchev–Trinajstić information content (AvgIpc) is 2.90. The van der Waals surface area contributed by atoms with Gasteiger partial charge in [0.2, 0.25) is 11.8 Å². The molecule has 0 unspecified atom stereocenters. The standard InChI is InChI=1S/C16H13ClN2O/c1-11-3-2-4-13(9-11)16-19-18-15(20-16)10-12-5-7-14(17)8-6-12/h2-9H,10H2,1H3. The lowest BCUT2D eigenvalue weighted by molar-refractivity contribution is 0.518. The van der Waals surface area contributed by atoms with Crippen LogP contribution >= 0.6 is 11.6 Å². The quantitative estimate of drug-likeness (QED) is 0.720. The predicted octanol–water partition coefficient (Wildman–Crippen LogP) is 4.29. The van der Waals surface area contributed by atoms with E-state index in [1.807, 2.05) is 55.5 Å². The Morgan fingerprint density at radius 1 is 1.05 bits per heavy atom. The molecule has 0 atom stereocenters. The highest BCUT2D eigenvalue weighted by molar-refractivity contribution is 6.30. The minimum Gasteiger partial charge on any atom is -0.420 e. The van der Waals surface area contributed by atoms with Crippen LogP contribution in [0.15, 0.2) is 52.9 Å². The lowest BCUT2D eigenvalue weighted by Crippen LogP contribution is -1.87. The van der Waals surface area contributed by atoms with Crippen LogP contribution in [0.2, 0.25) is 5.02 Å². The van der Waals surface area contributed by atoms with Gasteiger partial charge in [-0.25, -0.2) is 0 Å².